The molecule has 0 amide bonds. The molecule has 30 heavy (non-hydrogen) atoms. The van der Waals surface area contributed by atoms with Crippen LogP contribution in [0.3, 0.4) is 0 Å². The predicted molar refractivity (Wildman–Crippen MR) is 115 cm³/mol. The lowest BCUT2D eigenvalue weighted by Crippen LogP contribution is -1.98. The zero-order chi connectivity index (χ0) is 21.2. The first-order valence-electron chi connectivity index (χ1n) is 10.6. The molecule has 0 saturated carbocycles. The van der Waals surface area contributed by atoms with E-state index in [4.69, 9.17) is 10.1 Å². The van der Waals surface area contributed by atoms with Gasteiger partial charge in [0.1, 0.15) is 17.2 Å². The van der Waals surface area contributed by atoms with Crippen molar-refractivity contribution in [2.45, 2.75) is 51.4 Å². The Bertz CT molecular complexity index is 943. The number of carbonyl (C=O) groups is 1. The van der Waals surface area contributed by atoms with Gasteiger partial charge in [-0.05, 0) is 24.8 Å². The third kappa shape index (κ3) is 6.47. The third-order valence-corrected chi connectivity index (χ3v) is 5.13. The van der Waals surface area contributed by atoms with Crippen LogP contribution in [-0.4, -0.2) is 27.3 Å². The largest absolute Gasteiger partial charge is 0.361 e. The zero-order valence-corrected chi connectivity index (χ0v) is 17.5. The molecule has 0 saturated heterocycles. The smallest absolute Gasteiger partial charge is 0.137 e. The molecule has 0 fully saturated rings. The highest BCUT2D eigenvalue weighted by atomic mass is 16.5. The fourth-order valence-electron chi connectivity index (χ4n) is 3.42. The molecule has 0 atom stereocenters. The fraction of sp³-hybridized carbons (Fsp3) is 0.435. The van der Waals surface area contributed by atoms with E-state index >= 15 is 0 Å². The second-order valence-electron chi connectivity index (χ2n) is 7.60. The van der Waals surface area contributed by atoms with Crippen molar-refractivity contribution in [3.05, 3.63) is 48.5 Å². The van der Waals surface area contributed by atoms with Crippen LogP contribution < -0.4 is 0 Å². The van der Waals surface area contributed by atoms with Crippen molar-refractivity contribution in [3.8, 4) is 22.4 Å². The van der Waals surface area contributed by atoms with Crippen molar-refractivity contribution in [2.24, 2.45) is 12.2 Å². The topological polar surface area (TPSA) is 97.1 Å². The van der Waals surface area contributed by atoms with E-state index in [1.54, 1.807) is 4.68 Å². The Hall–Kier alpha value is -3.09. The summed E-state index contributed by atoms with van der Waals surface area (Å²) in [6.45, 7) is 0.599. The second kappa shape index (κ2) is 11.2. The number of hydrogen-bond donors (Lipinski definition) is 1. The quantitative estimate of drug-likeness (QED) is 0.294. The molecule has 2 heterocycles. The molecule has 3 aromatic rings. The number of benzene rings is 1. The fourth-order valence-corrected chi connectivity index (χ4v) is 3.42. The van der Waals surface area contributed by atoms with Crippen LogP contribution in [0.4, 0.5) is 0 Å². The van der Waals surface area contributed by atoms with E-state index in [0.717, 1.165) is 66.7 Å². The summed E-state index contributed by atoms with van der Waals surface area (Å²) >= 11 is 0. The summed E-state index contributed by atoms with van der Waals surface area (Å²) in [6, 6.07) is 10.1. The Morgan fingerprint density at radius 2 is 1.77 bits per heavy atom. The van der Waals surface area contributed by atoms with E-state index in [9.17, 15) is 4.79 Å². The molecule has 2 aromatic heterocycles. The molecule has 7 heteroatoms. The van der Waals surface area contributed by atoms with Gasteiger partial charge in [-0.2, -0.15) is 10.2 Å². The lowest BCUT2D eigenvalue weighted by Gasteiger charge is -2.00. The molecule has 0 aliphatic heterocycles. The second-order valence-corrected chi connectivity index (χ2v) is 7.60. The molecule has 158 valence electrons. The van der Waals surface area contributed by atoms with Crippen molar-refractivity contribution < 1.29 is 9.32 Å². The number of Topliss-reactive ketones (excluding diaryl/α,β-unsaturated/α-hetero) is 1. The number of aromatic nitrogens is 3. The predicted octanol–water partition coefficient (Wildman–Crippen LogP) is 5.62. The maximum atomic E-state index is 12.0. The van der Waals surface area contributed by atoms with Crippen LogP contribution >= 0.6 is 0 Å². The summed E-state index contributed by atoms with van der Waals surface area (Å²) in [6.07, 6.45) is 10.5. The van der Waals surface area contributed by atoms with Crippen molar-refractivity contribution in [3.63, 3.8) is 0 Å². The Balaban J connectivity index is 1.41. The van der Waals surface area contributed by atoms with Gasteiger partial charge in [-0.15, -0.1) is 0 Å². The molecule has 0 spiro atoms. The average Bonchev–Trinajstić information content (AvgIpc) is 3.40. The molecule has 1 aromatic carbocycles. The molecule has 0 aliphatic carbocycles. The van der Waals surface area contributed by atoms with Crippen molar-refractivity contribution in [1.29, 1.82) is 5.53 Å². The number of nitrogens with one attached hydrogen (secondary N) is 1. The number of nitrogens with zero attached hydrogens (tertiary/aromatic N) is 4. The van der Waals surface area contributed by atoms with E-state index in [-0.39, 0.29) is 0 Å². The molecule has 1 N–H and O–H groups in total. The Morgan fingerprint density at radius 1 is 1.03 bits per heavy atom. The lowest BCUT2D eigenvalue weighted by molar-refractivity contribution is -0.119. The average molecular weight is 408 g/mol. The monoisotopic (exact) mass is 407 g/mol. The molecular formula is C23H29N5O2. The molecular weight excluding hydrogens is 378 g/mol. The number of hydrogen-bond acceptors (Lipinski definition) is 6. The highest BCUT2D eigenvalue weighted by Crippen LogP contribution is 2.25. The minimum absolute atomic E-state index is 0.311. The van der Waals surface area contributed by atoms with E-state index in [0.29, 0.717) is 25.2 Å². The Labute approximate surface area is 177 Å². The van der Waals surface area contributed by atoms with Gasteiger partial charge in [0.25, 0.3) is 0 Å². The first kappa shape index (κ1) is 21.6. The minimum Gasteiger partial charge on any atom is -0.361 e. The van der Waals surface area contributed by atoms with Crippen LogP contribution in [0.15, 0.2) is 52.4 Å². The van der Waals surface area contributed by atoms with Gasteiger partial charge in [0.15, 0.2) is 0 Å². The Morgan fingerprint density at radius 3 is 2.50 bits per heavy atom. The van der Waals surface area contributed by atoms with Crippen LogP contribution in [0.25, 0.3) is 22.4 Å². The Kier molecular flexibility index (Phi) is 8.06. The molecule has 0 unspecified atom stereocenters. The highest BCUT2D eigenvalue weighted by Gasteiger charge is 2.09. The molecule has 0 aliphatic rings. The van der Waals surface area contributed by atoms with Crippen LogP contribution in [0.1, 0.15) is 50.7 Å². The van der Waals surface area contributed by atoms with Gasteiger partial charge >= 0.3 is 0 Å². The van der Waals surface area contributed by atoms with E-state index in [1.165, 1.54) is 0 Å². The molecule has 0 bridgehead atoms. The van der Waals surface area contributed by atoms with Crippen LogP contribution in [0.2, 0.25) is 0 Å². The SMILES string of the molecule is Cn1cc(-c2ccc(-c3cc(CCCC(=O)CCCCCCN=N)on3)cc2)cn1. The van der Waals surface area contributed by atoms with Gasteiger partial charge in [0, 0.05) is 49.7 Å². The molecule has 0 radical (unpaired) electrons. The number of unbranched alkanes of at least 4 members (excludes halogenated alkanes) is 3. The van der Waals surface area contributed by atoms with Crippen LogP contribution in [0.5, 0.6) is 0 Å². The summed E-state index contributed by atoms with van der Waals surface area (Å²) in [5.41, 5.74) is 10.8. The maximum Gasteiger partial charge on any atom is 0.137 e. The number of carbonyl (C=O) groups excluding carboxylic acids is 1. The first-order valence-corrected chi connectivity index (χ1v) is 10.6. The summed E-state index contributed by atoms with van der Waals surface area (Å²) < 4.78 is 7.24. The maximum absolute atomic E-state index is 12.0. The zero-order valence-electron chi connectivity index (χ0n) is 17.5. The van der Waals surface area contributed by atoms with Crippen LogP contribution in [0, 0.1) is 5.53 Å². The first-order chi connectivity index (χ1) is 14.7. The van der Waals surface area contributed by atoms with Gasteiger partial charge in [0.2, 0.25) is 0 Å². The summed E-state index contributed by atoms with van der Waals surface area (Å²) in [7, 11) is 1.90. The van der Waals surface area contributed by atoms with E-state index in [1.807, 2.05) is 37.6 Å². The van der Waals surface area contributed by atoms with Gasteiger partial charge < -0.3 is 4.52 Å². The summed E-state index contributed by atoms with van der Waals surface area (Å²) in [5, 5.41) is 11.7. The van der Waals surface area contributed by atoms with Crippen LogP contribution in [-0.2, 0) is 18.3 Å². The minimum atomic E-state index is 0.311. The van der Waals surface area contributed by atoms with Gasteiger partial charge in [-0.25, -0.2) is 5.53 Å². The normalized spacial score (nSPS) is 11.0. The van der Waals surface area contributed by atoms with Crippen molar-refractivity contribution in [2.75, 3.05) is 6.54 Å². The number of rotatable bonds is 13. The third-order valence-electron chi connectivity index (χ3n) is 5.13. The lowest BCUT2D eigenvalue weighted by atomic mass is 10.0. The molecule has 3 rings (SSSR count). The van der Waals surface area contributed by atoms with E-state index < -0.39 is 0 Å². The highest BCUT2D eigenvalue weighted by molar-refractivity contribution is 5.78. The van der Waals surface area contributed by atoms with E-state index in [2.05, 4.69) is 27.5 Å². The van der Waals surface area contributed by atoms with Gasteiger partial charge in [0.05, 0.1) is 12.7 Å². The summed E-state index contributed by atoms with van der Waals surface area (Å²) in [4.78, 5) is 12.0. The standard InChI is InChI=1S/C23H29N5O2/c1-28-17-20(16-26-28)18-10-12-19(13-11-18)23-15-22(30-27-23)9-6-8-21(29)7-4-2-3-5-14-25-24/h10-13,15-17,24H,2-9,14H2,1H3. The number of ketones is 1. The summed E-state index contributed by atoms with van der Waals surface area (Å²) in [5.74, 6) is 1.12. The molecule has 7 nitrogen and oxygen atoms in total. The number of aryl methyl sites for hydroxylation is 2. The van der Waals surface area contributed by atoms with Crippen molar-refractivity contribution >= 4 is 5.78 Å². The van der Waals surface area contributed by atoms with Gasteiger partial charge in [-0.1, -0.05) is 42.3 Å². The van der Waals surface area contributed by atoms with Crippen molar-refractivity contribution in [1.82, 2.24) is 14.9 Å². The van der Waals surface area contributed by atoms with Gasteiger partial charge in [-0.3, -0.25) is 9.48 Å².